The van der Waals surface area contributed by atoms with Gasteiger partial charge in [-0.05, 0) is 95.3 Å². The third-order valence-corrected chi connectivity index (χ3v) is 11.1. The minimum atomic E-state index is -1.44. The minimum absolute atomic E-state index is 0.0548. The molecule has 0 amide bonds. The average Bonchev–Trinajstić information content (AvgIpc) is 3.00. The first-order valence-corrected chi connectivity index (χ1v) is 13.2. The van der Waals surface area contributed by atoms with E-state index in [1.54, 1.807) is 20.8 Å². The zero-order chi connectivity index (χ0) is 25.5. The average molecular weight is 483 g/mol. The van der Waals surface area contributed by atoms with E-state index in [2.05, 4.69) is 6.92 Å². The number of ketones is 1. The SMILES string of the molecule is CC(C)(O)CC[C@@H](O)[C@](C)(O)[C@H]1CC[C@@]2(O)[C@@H]3CC(=O)[C@@H]4C[C@@H](O)[C@@H](O)C[C@]4(C)[C@H]3CC[C@]12C. The molecule has 4 aliphatic carbocycles. The van der Waals surface area contributed by atoms with E-state index in [0.717, 1.165) is 6.42 Å². The molecular weight excluding hydrogens is 436 g/mol. The van der Waals surface area contributed by atoms with E-state index in [4.69, 9.17) is 0 Å². The fourth-order valence-electron chi connectivity index (χ4n) is 8.98. The summed E-state index contributed by atoms with van der Waals surface area (Å²) in [5.41, 5.74) is -4.66. The fourth-order valence-corrected chi connectivity index (χ4v) is 8.98. The maximum atomic E-state index is 13.3. The van der Waals surface area contributed by atoms with E-state index in [1.807, 2.05) is 6.92 Å². The molecule has 196 valence electrons. The van der Waals surface area contributed by atoms with Crippen LogP contribution < -0.4 is 0 Å². The van der Waals surface area contributed by atoms with Crippen LogP contribution in [-0.4, -0.2) is 71.5 Å². The number of rotatable bonds is 5. The van der Waals surface area contributed by atoms with Gasteiger partial charge in [0.25, 0.3) is 0 Å². The molecule has 7 nitrogen and oxygen atoms in total. The summed E-state index contributed by atoms with van der Waals surface area (Å²) in [4.78, 5) is 13.3. The van der Waals surface area contributed by atoms with Gasteiger partial charge in [0.05, 0.1) is 35.1 Å². The van der Waals surface area contributed by atoms with Crippen molar-refractivity contribution in [3.63, 3.8) is 0 Å². The second-order valence-corrected chi connectivity index (χ2v) is 13.6. The van der Waals surface area contributed by atoms with Crippen molar-refractivity contribution in [2.24, 2.45) is 34.5 Å². The lowest BCUT2D eigenvalue weighted by atomic mass is 9.42. The summed E-state index contributed by atoms with van der Waals surface area (Å²) in [6, 6.07) is 0. The normalized spacial score (nSPS) is 49.6. The number of fused-ring (bicyclic) bond motifs is 5. The van der Waals surface area contributed by atoms with Crippen LogP contribution in [0.2, 0.25) is 0 Å². The van der Waals surface area contributed by atoms with Crippen LogP contribution in [0.4, 0.5) is 0 Å². The van der Waals surface area contributed by atoms with Crippen molar-refractivity contribution < 1.29 is 35.4 Å². The van der Waals surface area contributed by atoms with Crippen LogP contribution in [0.5, 0.6) is 0 Å². The van der Waals surface area contributed by atoms with Gasteiger partial charge in [0.1, 0.15) is 5.78 Å². The van der Waals surface area contributed by atoms with E-state index in [1.165, 1.54) is 0 Å². The summed E-state index contributed by atoms with van der Waals surface area (Å²) < 4.78 is 0. The first kappa shape index (κ1) is 26.5. The number of carbonyl (C=O) groups excluding carboxylic acids is 1. The van der Waals surface area contributed by atoms with Crippen LogP contribution in [0.15, 0.2) is 0 Å². The maximum Gasteiger partial charge on any atom is 0.137 e. The van der Waals surface area contributed by atoms with Gasteiger partial charge in [-0.25, -0.2) is 0 Å². The van der Waals surface area contributed by atoms with Gasteiger partial charge in [-0.2, -0.15) is 0 Å². The summed E-state index contributed by atoms with van der Waals surface area (Å²) in [7, 11) is 0. The van der Waals surface area contributed by atoms with Crippen LogP contribution in [0.25, 0.3) is 0 Å². The molecule has 0 saturated heterocycles. The molecule has 0 aromatic heterocycles. The van der Waals surface area contributed by atoms with Gasteiger partial charge in [0.15, 0.2) is 0 Å². The predicted octanol–water partition coefficient (Wildman–Crippen LogP) is 1.93. The largest absolute Gasteiger partial charge is 0.390 e. The molecule has 11 atom stereocenters. The standard InChI is InChI=1S/C27H46O7/c1-23(2,32)9-8-22(31)26(5,33)21-7-11-27(34)16-12-18(28)17-13-19(29)20(30)14-24(17,3)15(16)6-10-25(21,27)4/h15-17,19-22,29-34H,6-14H2,1-5H3/t15-,16+,17-,19+,20-,21-,22+,24+,25+,26+,27+/m0/s1. The Morgan fingerprint density at radius 3 is 2.29 bits per heavy atom. The molecule has 4 rings (SSSR count). The molecule has 4 saturated carbocycles. The van der Waals surface area contributed by atoms with Crippen LogP contribution in [0, 0.1) is 34.5 Å². The number of aliphatic hydroxyl groups excluding tert-OH is 3. The second kappa shape index (κ2) is 8.22. The third kappa shape index (κ3) is 3.81. The van der Waals surface area contributed by atoms with Crippen LogP contribution in [0.3, 0.4) is 0 Å². The fraction of sp³-hybridized carbons (Fsp3) is 0.963. The molecule has 0 aromatic carbocycles. The lowest BCUT2D eigenvalue weighted by molar-refractivity contribution is -0.232. The molecule has 0 unspecified atom stereocenters. The van der Waals surface area contributed by atoms with Crippen molar-refractivity contribution in [3.8, 4) is 0 Å². The topological polar surface area (TPSA) is 138 Å². The smallest absolute Gasteiger partial charge is 0.137 e. The molecule has 6 N–H and O–H groups in total. The van der Waals surface area contributed by atoms with E-state index < -0.39 is 45.9 Å². The lowest BCUT2D eigenvalue weighted by Gasteiger charge is -2.64. The zero-order valence-electron chi connectivity index (χ0n) is 21.5. The molecule has 34 heavy (non-hydrogen) atoms. The van der Waals surface area contributed by atoms with Gasteiger partial charge in [-0.1, -0.05) is 13.8 Å². The summed E-state index contributed by atoms with van der Waals surface area (Å²) in [6.07, 6.45) is 1.18. The van der Waals surface area contributed by atoms with Crippen molar-refractivity contribution in [1.29, 1.82) is 0 Å². The summed E-state index contributed by atoms with van der Waals surface area (Å²) >= 11 is 0. The van der Waals surface area contributed by atoms with Gasteiger partial charge < -0.3 is 30.6 Å². The van der Waals surface area contributed by atoms with Crippen molar-refractivity contribution in [1.82, 2.24) is 0 Å². The Morgan fingerprint density at radius 2 is 1.68 bits per heavy atom. The van der Waals surface area contributed by atoms with Gasteiger partial charge in [-0.3, -0.25) is 4.79 Å². The Morgan fingerprint density at radius 1 is 1.03 bits per heavy atom. The Kier molecular flexibility index (Phi) is 6.40. The van der Waals surface area contributed by atoms with Crippen molar-refractivity contribution in [2.45, 2.75) is 128 Å². The van der Waals surface area contributed by atoms with Crippen molar-refractivity contribution in [3.05, 3.63) is 0 Å². The Bertz CT molecular complexity index is 805. The monoisotopic (exact) mass is 482 g/mol. The Hall–Kier alpha value is -0.570. The minimum Gasteiger partial charge on any atom is -0.390 e. The summed E-state index contributed by atoms with van der Waals surface area (Å²) in [5.74, 6) is -0.796. The highest BCUT2D eigenvalue weighted by Crippen LogP contribution is 2.69. The molecule has 0 aromatic rings. The highest BCUT2D eigenvalue weighted by Gasteiger charge is 2.71. The molecule has 7 heteroatoms. The first-order chi connectivity index (χ1) is 15.5. The lowest BCUT2D eigenvalue weighted by Crippen LogP contribution is -2.66. The number of carbonyl (C=O) groups is 1. The molecule has 0 heterocycles. The van der Waals surface area contributed by atoms with E-state index in [0.29, 0.717) is 32.1 Å². The third-order valence-electron chi connectivity index (χ3n) is 11.1. The molecule has 4 fully saturated rings. The Balaban J connectivity index is 1.62. The van der Waals surface area contributed by atoms with Crippen molar-refractivity contribution in [2.75, 3.05) is 0 Å². The maximum absolute atomic E-state index is 13.3. The highest BCUT2D eigenvalue weighted by atomic mass is 16.3. The predicted molar refractivity (Wildman–Crippen MR) is 127 cm³/mol. The molecule has 0 aliphatic heterocycles. The van der Waals surface area contributed by atoms with Crippen LogP contribution >= 0.6 is 0 Å². The first-order valence-electron chi connectivity index (χ1n) is 13.2. The van der Waals surface area contributed by atoms with Crippen LogP contribution in [-0.2, 0) is 4.79 Å². The number of hydrogen-bond donors (Lipinski definition) is 6. The van der Waals surface area contributed by atoms with Gasteiger partial charge in [0, 0.05) is 17.8 Å². The van der Waals surface area contributed by atoms with Crippen LogP contribution in [0.1, 0.15) is 92.4 Å². The second-order valence-electron chi connectivity index (χ2n) is 13.6. The van der Waals surface area contributed by atoms with Gasteiger partial charge >= 0.3 is 0 Å². The molecule has 0 radical (unpaired) electrons. The quantitative estimate of drug-likeness (QED) is 0.352. The summed E-state index contributed by atoms with van der Waals surface area (Å²) in [6.45, 7) is 9.08. The number of hydrogen-bond acceptors (Lipinski definition) is 7. The van der Waals surface area contributed by atoms with E-state index in [9.17, 15) is 35.4 Å². The van der Waals surface area contributed by atoms with E-state index in [-0.39, 0.29) is 48.7 Å². The van der Waals surface area contributed by atoms with E-state index >= 15 is 0 Å². The number of aliphatic hydroxyl groups is 6. The Labute approximate surface area is 203 Å². The zero-order valence-corrected chi connectivity index (χ0v) is 21.5. The molecule has 4 aliphatic rings. The molecule has 0 spiro atoms. The molecule has 0 bridgehead atoms. The van der Waals surface area contributed by atoms with Gasteiger partial charge in [-0.15, -0.1) is 0 Å². The number of Topliss-reactive ketones (excluding diaryl/α,β-unsaturated/α-hetero) is 1. The highest BCUT2D eigenvalue weighted by molar-refractivity contribution is 5.83. The van der Waals surface area contributed by atoms with Gasteiger partial charge in [0.2, 0.25) is 0 Å². The summed E-state index contributed by atoms with van der Waals surface area (Å²) in [5, 5.41) is 65.6. The van der Waals surface area contributed by atoms with Crippen molar-refractivity contribution >= 4 is 5.78 Å². The molecular formula is C27H46O7.